The van der Waals surface area contributed by atoms with Gasteiger partial charge in [0.2, 0.25) is 5.91 Å². The molecule has 0 saturated carbocycles. The molecule has 1 amide bonds. The molecule has 1 atom stereocenters. The van der Waals surface area contributed by atoms with E-state index in [1.54, 1.807) is 17.0 Å². The molecule has 0 bridgehead atoms. The zero-order chi connectivity index (χ0) is 19.4. The number of nitrogens with zero attached hydrogens (tertiary/aromatic N) is 1. The molecule has 1 aliphatic heterocycles. The summed E-state index contributed by atoms with van der Waals surface area (Å²) in [6.45, 7) is 2.50. The van der Waals surface area contributed by atoms with Crippen LogP contribution in [0.15, 0.2) is 48.5 Å². The van der Waals surface area contributed by atoms with Crippen LogP contribution in [-0.2, 0) is 21.1 Å². The van der Waals surface area contributed by atoms with Crippen LogP contribution < -0.4 is 0 Å². The molecule has 0 aliphatic carbocycles. The Morgan fingerprint density at radius 1 is 1.15 bits per heavy atom. The Bertz CT molecular complexity index is 927. The third-order valence-corrected chi connectivity index (χ3v) is 7.16. The summed E-state index contributed by atoms with van der Waals surface area (Å²) < 4.78 is 39.4. The van der Waals surface area contributed by atoms with E-state index >= 15 is 0 Å². The molecule has 2 aromatic rings. The van der Waals surface area contributed by atoms with Gasteiger partial charge in [-0.3, -0.25) is 4.79 Å². The number of carbonyl (C=O) groups is 1. The van der Waals surface area contributed by atoms with Crippen molar-refractivity contribution >= 4 is 15.7 Å². The Hall–Kier alpha value is -2.21. The Morgan fingerprint density at radius 3 is 2.67 bits per heavy atom. The van der Waals surface area contributed by atoms with Crippen LogP contribution in [-0.4, -0.2) is 38.1 Å². The highest BCUT2D eigenvalue weighted by Crippen LogP contribution is 2.31. The van der Waals surface area contributed by atoms with E-state index in [2.05, 4.69) is 0 Å². The van der Waals surface area contributed by atoms with Crippen molar-refractivity contribution in [3.8, 4) is 0 Å². The SMILES string of the molecule is Cc1cccc(CCC(=O)N2CCC(c3ccccc3F)S(=O)(=O)CC2)c1. The summed E-state index contributed by atoms with van der Waals surface area (Å²) in [5.41, 5.74) is 2.44. The molecule has 2 aromatic carbocycles. The van der Waals surface area contributed by atoms with Crippen molar-refractivity contribution in [2.45, 2.75) is 31.4 Å². The molecule has 3 rings (SSSR count). The Kier molecular flexibility index (Phi) is 5.95. The van der Waals surface area contributed by atoms with E-state index < -0.39 is 20.9 Å². The van der Waals surface area contributed by atoms with E-state index in [1.807, 2.05) is 31.2 Å². The first-order chi connectivity index (χ1) is 12.9. The molecular formula is C21H24FNO3S. The summed E-state index contributed by atoms with van der Waals surface area (Å²) in [4.78, 5) is 14.2. The summed E-state index contributed by atoms with van der Waals surface area (Å²) in [5.74, 6) is -0.700. The largest absolute Gasteiger partial charge is 0.342 e. The summed E-state index contributed by atoms with van der Waals surface area (Å²) in [5, 5.41) is -0.895. The van der Waals surface area contributed by atoms with Crippen LogP contribution in [0.1, 0.15) is 34.8 Å². The van der Waals surface area contributed by atoms with E-state index in [0.717, 1.165) is 11.1 Å². The summed E-state index contributed by atoms with van der Waals surface area (Å²) in [6.07, 6.45) is 1.19. The summed E-state index contributed by atoms with van der Waals surface area (Å²) >= 11 is 0. The maximum absolute atomic E-state index is 14.1. The molecule has 1 unspecified atom stereocenters. The first-order valence-electron chi connectivity index (χ1n) is 9.16. The van der Waals surface area contributed by atoms with Crippen LogP contribution in [0, 0.1) is 12.7 Å². The standard InChI is InChI=1S/C21H24FNO3S/c1-16-5-4-6-17(15-16)9-10-21(24)23-12-11-20(27(25,26)14-13-23)18-7-2-3-8-19(18)22/h2-8,15,20H,9-14H2,1H3. The van der Waals surface area contributed by atoms with Gasteiger partial charge in [0.1, 0.15) is 5.82 Å². The molecule has 6 heteroatoms. The van der Waals surface area contributed by atoms with Gasteiger partial charge in [0, 0.05) is 25.1 Å². The highest BCUT2D eigenvalue weighted by Gasteiger charge is 2.33. The quantitative estimate of drug-likeness (QED) is 0.805. The molecule has 4 nitrogen and oxygen atoms in total. The molecule has 1 saturated heterocycles. The number of halogens is 1. The first kappa shape index (κ1) is 19.5. The molecule has 0 spiro atoms. The second-order valence-corrected chi connectivity index (χ2v) is 9.34. The van der Waals surface area contributed by atoms with Gasteiger partial charge in [-0.15, -0.1) is 0 Å². The molecule has 0 aromatic heterocycles. The van der Waals surface area contributed by atoms with Gasteiger partial charge in [-0.25, -0.2) is 12.8 Å². The number of hydrogen-bond acceptors (Lipinski definition) is 3. The van der Waals surface area contributed by atoms with Gasteiger partial charge >= 0.3 is 0 Å². The molecule has 1 heterocycles. The Balaban J connectivity index is 1.68. The van der Waals surface area contributed by atoms with Crippen molar-refractivity contribution in [1.29, 1.82) is 0 Å². The topological polar surface area (TPSA) is 54.5 Å². The summed E-state index contributed by atoms with van der Waals surface area (Å²) in [6, 6.07) is 14.0. The van der Waals surface area contributed by atoms with Crippen molar-refractivity contribution in [3.05, 3.63) is 71.0 Å². The van der Waals surface area contributed by atoms with Crippen LogP contribution in [0.2, 0.25) is 0 Å². The fourth-order valence-corrected chi connectivity index (χ4v) is 5.36. The fraction of sp³-hybridized carbons (Fsp3) is 0.381. The number of sulfone groups is 1. The normalized spacial score (nSPS) is 19.5. The number of carbonyl (C=O) groups excluding carboxylic acids is 1. The highest BCUT2D eigenvalue weighted by atomic mass is 32.2. The van der Waals surface area contributed by atoms with E-state index in [0.29, 0.717) is 19.4 Å². The second-order valence-electron chi connectivity index (χ2n) is 7.04. The maximum Gasteiger partial charge on any atom is 0.222 e. The number of aryl methyl sites for hydroxylation is 2. The van der Waals surface area contributed by atoms with Crippen molar-refractivity contribution in [3.63, 3.8) is 0 Å². The molecule has 1 aliphatic rings. The molecule has 144 valence electrons. The number of hydrogen-bond donors (Lipinski definition) is 0. The first-order valence-corrected chi connectivity index (χ1v) is 10.9. The Labute approximate surface area is 159 Å². The molecule has 0 N–H and O–H groups in total. The van der Waals surface area contributed by atoms with Crippen LogP contribution in [0.25, 0.3) is 0 Å². The van der Waals surface area contributed by atoms with Crippen LogP contribution >= 0.6 is 0 Å². The van der Waals surface area contributed by atoms with Gasteiger partial charge in [0.25, 0.3) is 0 Å². The minimum absolute atomic E-state index is 0.0547. The number of rotatable bonds is 4. The predicted molar refractivity (Wildman–Crippen MR) is 104 cm³/mol. The van der Waals surface area contributed by atoms with Gasteiger partial charge < -0.3 is 4.90 Å². The minimum atomic E-state index is -3.51. The monoisotopic (exact) mass is 389 g/mol. The lowest BCUT2D eigenvalue weighted by atomic mass is 10.1. The van der Waals surface area contributed by atoms with Crippen LogP contribution in [0.3, 0.4) is 0 Å². The molecule has 1 fully saturated rings. The van der Waals surface area contributed by atoms with E-state index in [9.17, 15) is 17.6 Å². The lowest BCUT2D eigenvalue weighted by Crippen LogP contribution is -2.33. The van der Waals surface area contributed by atoms with Crippen molar-refractivity contribution in [1.82, 2.24) is 4.90 Å². The molecule has 27 heavy (non-hydrogen) atoms. The number of amides is 1. The van der Waals surface area contributed by atoms with Crippen molar-refractivity contribution in [2.24, 2.45) is 0 Å². The minimum Gasteiger partial charge on any atom is -0.342 e. The predicted octanol–water partition coefficient (Wildman–Crippen LogP) is 3.46. The third kappa shape index (κ3) is 4.75. The van der Waals surface area contributed by atoms with E-state index in [1.165, 1.54) is 12.1 Å². The number of benzene rings is 2. The lowest BCUT2D eigenvalue weighted by molar-refractivity contribution is -0.130. The molecular weight excluding hydrogens is 365 g/mol. The Morgan fingerprint density at radius 2 is 1.93 bits per heavy atom. The van der Waals surface area contributed by atoms with Crippen molar-refractivity contribution in [2.75, 3.05) is 18.8 Å². The third-order valence-electron chi connectivity index (χ3n) is 5.06. The van der Waals surface area contributed by atoms with Gasteiger partial charge in [-0.2, -0.15) is 0 Å². The fourth-order valence-electron chi connectivity index (χ4n) is 3.56. The van der Waals surface area contributed by atoms with Crippen LogP contribution in [0.4, 0.5) is 4.39 Å². The van der Waals surface area contributed by atoms with Crippen LogP contribution in [0.5, 0.6) is 0 Å². The summed E-state index contributed by atoms with van der Waals surface area (Å²) in [7, 11) is -3.51. The molecule has 0 radical (unpaired) electrons. The average Bonchev–Trinajstić information content (AvgIpc) is 2.78. The van der Waals surface area contributed by atoms with Gasteiger partial charge in [0.05, 0.1) is 11.0 Å². The van der Waals surface area contributed by atoms with E-state index in [4.69, 9.17) is 0 Å². The zero-order valence-corrected chi connectivity index (χ0v) is 16.2. The smallest absolute Gasteiger partial charge is 0.222 e. The highest BCUT2D eigenvalue weighted by molar-refractivity contribution is 7.91. The van der Waals surface area contributed by atoms with E-state index in [-0.39, 0.29) is 30.2 Å². The van der Waals surface area contributed by atoms with Crippen molar-refractivity contribution < 1.29 is 17.6 Å². The zero-order valence-electron chi connectivity index (χ0n) is 15.4. The lowest BCUT2D eigenvalue weighted by Gasteiger charge is -2.20. The maximum atomic E-state index is 14.1. The van der Waals surface area contributed by atoms with Gasteiger partial charge in [-0.05, 0) is 31.4 Å². The second kappa shape index (κ2) is 8.21. The average molecular weight is 389 g/mol. The van der Waals surface area contributed by atoms with Gasteiger partial charge in [-0.1, -0.05) is 48.0 Å². The van der Waals surface area contributed by atoms with Gasteiger partial charge in [0.15, 0.2) is 9.84 Å².